The molecule has 0 N–H and O–H groups in total. The molecule has 1 aliphatic rings. The quantitative estimate of drug-likeness (QED) is 0.659. The Morgan fingerprint density at radius 2 is 2.00 bits per heavy atom. The van der Waals surface area contributed by atoms with Crippen LogP contribution in [0, 0.1) is 5.92 Å². The summed E-state index contributed by atoms with van der Waals surface area (Å²) in [5, 5.41) is 0. The molecule has 0 fully saturated rings. The van der Waals surface area contributed by atoms with Crippen LogP contribution in [-0.4, -0.2) is 19.0 Å². The van der Waals surface area contributed by atoms with Crippen molar-refractivity contribution in [1.29, 1.82) is 0 Å². The van der Waals surface area contributed by atoms with Crippen LogP contribution in [0.15, 0.2) is 23.4 Å². The van der Waals surface area contributed by atoms with Gasteiger partial charge in [0.25, 0.3) is 0 Å². The molecule has 0 aromatic rings. The summed E-state index contributed by atoms with van der Waals surface area (Å²) in [6.07, 6.45) is 11.2. The smallest absolute Gasteiger partial charge is 0.0131 e. The Bertz CT molecular complexity index is 248. The van der Waals surface area contributed by atoms with E-state index >= 15 is 0 Å². The molecule has 0 saturated heterocycles. The lowest BCUT2D eigenvalue weighted by Gasteiger charge is -2.24. The van der Waals surface area contributed by atoms with Crippen molar-refractivity contribution in [3.8, 4) is 0 Å². The summed E-state index contributed by atoms with van der Waals surface area (Å²) >= 11 is 0. The van der Waals surface area contributed by atoms with E-state index < -0.39 is 0 Å². The Balaban J connectivity index is 2.51. The van der Waals surface area contributed by atoms with Crippen molar-refractivity contribution in [1.82, 2.24) is 4.90 Å². The van der Waals surface area contributed by atoms with Crippen molar-refractivity contribution < 1.29 is 0 Å². The fourth-order valence-electron chi connectivity index (χ4n) is 2.12. The Morgan fingerprint density at radius 3 is 2.47 bits per heavy atom. The number of allylic oxidation sites excluding steroid dienone is 4. The normalized spacial score (nSPS) is 18.1. The molecule has 1 unspecified atom stereocenters. The molecule has 86 valence electrons. The third kappa shape index (κ3) is 3.73. The molecule has 0 bridgehead atoms. The van der Waals surface area contributed by atoms with Gasteiger partial charge in [-0.15, -0.1) is 0 Å². The topological polar surface area (TPSA) is 3.24 Å². The fourth-order valence-corrected chi connectivity index (χ4v) is 2.12. The van der Waals surface area contributed by atoms with E-state index in [1.54, 1.807) is 5.57 Å². The third-order valence-electron chi connectivity index (χ3n) is 3.36. The average Bonchev–Trinajstić information content (AvgIpc) is 2.26. The maximum absolute atomic E-state index is 2.37. The summed E-state index contributed by atoms with van der Waals surface area (Å²) < 4.78 is 0. The van der Waals surface area contributed by atoms with Crippen LogP contribution in [0.25, 0.3) is 0 Å². The molecule has 1 aliphatic carbocycles. The predicted octanol–water partition coefficient (Wildman–Crippen LogP) is 3.98. The number of hydrogen-bond acceptors (Lipinski definition) is 1. The first-order chi connectivity index (χ1) is 7.15. The highest BCUT2D eigenvalue weighted by Crippen LogP contribution is 2.27. The van der Waals surface area contributed by atoms with Gasteiger partial charge in [0.15, 0.2) is 0 Å². The maximum atomic E-state index is 2.37. The Labute approximate surface area is 94.9 Å². The molecule has 0 amide bonds. The number of nitrogens with zero attached hydrogens (tertiary/aromatic N) is 1. The summed E-state index contributed by atoms with van der Waals surface area (Å²) in [6, 6.07) is 0. The number of hydrogen-bond donors (Lipinski definition) is 0. The molecule has 1 heteroatoms. The van der Waals surface area contributed by atoms with Crippen LogP contribution in [0.1, 0.15) is 46.0 Å². The second-order valence-electron chi connectivity index (χ2n) is 4.84. The van der Waals surface area contributed by atoms with Crippen molar-refractivity contribution in [3.63, 3.8) is 0 Å². The highest BCUT2D eigenvalue weighted by molar-refractivity contribution is 5.24. The van der Waals surface area contributed by atoms with E-state index in [2.05, 4.69) is 45.0 Å². The molecule has 0 spiro atoms. The van der Waals surface area contributed by atoms with Gasteiger partial charge in [0.1, 0.15) is 0 Å². The van der Waals surface area contributed by atoms with Crippen molar-refractivity contribution >= 4 is 0 Å². The van der Waals surface area contributed by atoms with Gasteiger partial charge in [0, 0.05) is 19.8 Å². The van der Waals surface area contributed by atoms with E-state index in [9.17, 15) is 0 Å². The Morgan fingerprint density at radius 1 is 1.27 bits per heavy atom. The number of unbranched alkanes of at least 4 members (excludes halogenated alkanes) is 1. The molecular formula is C14H25N. The molecule has 0 radical (unpaired) electrons. The highest BCUT2D eigenvalue weighted by Gasteiger charge is 2.12. The molecular weight excluding hydrogens is 182 g/mol. The lowest BCUT2D eigenvalue weighted by Crippen LogP contribution is -2.14. The van der Waals surface area contributed by atoms with Gasteiger partial charge in [0.05, 0.1) is 0 Å². The SMILES string of the molecule is CCCCC(C)C1=CC=C(N(C)C)CC1. The van der Waals surface area contributed by atoms with Crippen LogP contribution in [-0.2, 0) is 0 Å². The van der Waals surface area contributed by atoms with E-state index in [-0.39, 0.29) is 0 Å². The van der Waals surface area contributed by atoms with Gasteiger partial charge in [-0.3, -0.25) is 0 Å². The van der Waals surface area contributed by atoms with Crippen molar-refractivity contribution in [2.24, 2.45) is 5.92 Å². The highest BCUT2D eigenvalue weighted by atomic mass is 15.1. The molecule has 1 nitrogen and oxygen atoms in total. The van der Waals surface area contributed by atoms with E-state index in [0.29, 0.717) is 0 Å². The van der Waals surface area contributed by atoms with Crippen LogP contribution in [0.5, 0.6) is 0 Å². The molecule has 1 rings (SSSR count). The standard InChI is InChI=1S/C14H25N/c1-5-6-7-12(2)13-8-10-14(11-9-13)15(3)4/h8,10,12H,5-7,9,11H2,1-4H3. The summed E-state index contributed by atoms with van der Waals surface area (Å²) in [6.45, 7) is 4.64. The Kier molecular flexibility index (Phi) is 4.93. The predicted molar refractivity (Wildman–Crippen MR) is 67.8 cm³/mol. The van der Waals surface area contributed by atoms with Gasteiger partial charge in [0.2, 0.25) is 0 Å². The minimum absolute atomic E-state index is 0.782. The van der Waals surface area contributed by atoms with Crippen molar-refractivity contribution in [2.75, 3.05) is 14.1 Å². The zero-order chi connectivity index (χ0) is 11.3. The van der Waals surface area contributed by atoms with Gasteiger partial charge in [-0.1, -0.05) is 38.3 Å². The largest absolute Gasteiger partial charge is 0.381 e. The molecule has 0 saturated carbocycles. The van der Waals surface area contributed by atoms with E-state index in [1.165, 1.54) is 37.8 Å². The molecule has 0 heterocycles. The second-order valence-corrected chi connectivity index (χ2v) is 4.84. The monoisotopic (exact) mass is 207 g/mol. The van der Waals surface area contributed by atoms with Crippen LogP contribution in [0.2, 0.25) is 0 Å². The maximum Gasteiger partial charge on any atom is 0.0131 e. The van der Waals surface area contributed by atoms with Crippen LogP contribution >= 0.6 is 0 Å². The summed E-state index contributed by atoms with van der Waals surface area (Å²) in [5.74, 6) is 0.782. The Hall–Kier alpha value is -0.720. The van der Waals surface area contributed by atoms with Gasteiger partial charge < -0.3 is 4.90 Å². The zero-order valence-corrected chi connectivity index (χ0v) is 10.7. The van der Waals surface area contributed by atoms with Crippen LogP contribution < -0.4 is 0 Å². The lowest BCUT2D eigenvalue weighted by atomic mass is 9.88. The van der Waals surface area contributed by atoms with Gasteiger partial charge in [-0.05, 0) is 31.3 Å². The van der Waals surface area contributed by atoms with E-state index in [4.69, 9.17) is 0 Å². The minimum atomic E-state index is 0.782. The van der Waals surface area contributed by atoms with Gasteiger partial charge >= 0.3 is 0 Å². The van der Waals surface area contributed by atoms with Gasteiger partial charge in [-0.2, -0.15) is 0 Å². The lowest BCUT2D eigenvalue weighted by molar-refractivity contribution is 0.471. The fraction of sp³-hybridized carbons (Fsp3) is 0.714. The number of rotatable bonds is 5. The molecule has 0 aromatic heterocycles. The summed E-state index contributed by atoms with van der Waals surface area (Å²) in [4.78, 5) is 2.23. The summed E-state index contributed by atoms with van der Waals surface area (Å²) in [7, 11) is 4.26. The molecule has 15 heavy (non-hydrogen) atoms. The second kappa shape index (κ2) is 5.99. The summed E-state index contributed by atoms with van der Waals surface area (Å²) in [5.41, 5.74) is 3.11. The van der Waals surface area contributed by atoms with Gasteiger partial charge in [-0.25, -0.2) is 0 Å². The van der Waals surface area contributed by atoms with Crippen molar-refractivity contribution in [3.05, 3.63) is 23.4 Å². The third-order valence-corrected chi connectivity index (χ3v) is 3.36. The minimum Gasteiger partial charge on any atom is -0.381 e. The molecule has 1 atom stereocenters. The molecule has 0 aromatic carbocycles. The first-order valence-electron chi connectivity index (χ1n) is 6.22. The molecule has 0 aliphatic heterocycles. The van der Waals surface area contributed by atoms with Crippen molar-refractivity contribution in [2.45, 2.75) is 46.0 Å². The van der Waals surface area contributed by atoms with Crippen LogP contribution in [0.4, 0.5) is 0 Å². The zero-order valence-electron chi connectivity index (χ0n) is 10.7. The first-order valence-corrected chi connectivity index (χ1v) is 6.22. The van der Waals surface area contributed by atoms with Crippen LogP contribution in [0.3, 0.4) is 0 Å². The van der Waals surface area contributed by atoms with E-state index in [1.807, 2.05) is 0 Å². The van der Waals surface area contributed by atoms with E-state index in [0.717, 1.165) is 5.92 Å². The average molecular weight is 207 g/mol. The first kappa shape index (κ1) is 12.4.